The summed E-state index contributed by atoms with van der Waals surface area (Å²) in [6.45, 7) is 4.61. The molecule has 19 heavy (non-hydrogen) atoms. The minimum Gasteiger partial charge on any atom is -0.312 e. The van der Waals surface area contributed by atoms with Gasteiger partial charge in [-0.1, -0.05) is 31.2 Å². The van der Waals surface area contributed by atoms with Crippen molar-refractivity contribution in [1.29, 1.82) is 0 Å². The maximum absolute atomic E-state index is 3.57. The summed E-state index contributed by atoms with van der Waals surface area (Å²) in [6.07, 6.45) is 5.01. The summed E-state index contributed by atoms with van der Waals surface area (Å²) in [5.41, 5.74) is 3.03. The Balaban J connectivity index is 2.30. The molecule has 0 aromatic heterocycles. The van der Waals surface area contributed by atoms with E-state index in [0.717, 1.165) is 0 Å². The summed E-state index contributed by atoms with van der Waals surface area (Å²) in [5.74, 6) is 0. The summed E-state index contributed by atoms with van der Waals surface area (Å²) in [7, 11) is 4.39. The van der Waals surface area contributed by atoms with Gasteiger partial charge in [0.25, 0.3) is 0 Å². The van der Waals surface area contributed by atoms with E-state index in [4.69, 9.17) is 0 Å². The molecule has 2 rings (SSSR count). The molecule has 3 atom stereocenters. The van der Waals surface area contributed by atoms with Gasteiger partial charge in [-0.2, -0.15) is 0 Å². The Morgan fingerprint density at radius 1 is 1.37 bits per heavy atom. The highest BCUT2D eigenvalue weighted by molar-refractivity contribution is 5.32. The molecule has 0 heterocycles. The van der Waals surface area contributed by atoms with E-state index in [1.165, 1.54) is 36.8 Å². The molecule has 1 aromatic carbocycles. The van der Waals surface area contributed by atoms with Gasteiger partial charge < -0.3 is 5.32 Å². The SMILES string of the molecule is CCC(C)N(C)C1CCCc2ccccc2C1NC. The molecule has 0 radical (unpaired) electrons. The summed E-state index contributed by atoms with van der Waals surface area (Å²) >= 11 is 0. The van der Waals surface area contributed by atoms with Gasteiger partial charge in [0.05, 0.1) is 0 Å². The number of aryl methyl sites for hydroxylation is 1. The molecule has 1 N–H and O–H groups in total. The van der Waals surface area contributed by atoms with Crippen LogP contribution in [-0.2, 0) is 6.42 Å². The minimum absolute atomic E-state index is 0.456. The highest BCUT2D eigenvalue weighted by atomic mass is 15.2. The van der Waals surface area contributed by atoms with Crippen molar-refractivity contribution in [1.82, 2.24) is 10.2 Å². The third kappa shape index (κ3) is 3.01. The molecule has 106 valence electrons. The number of nitrogens with zero attached hydrogens (tertiary/aromatic N) is 1. The molecule has 1 aliphatic carbocycles. The molecule has 1 aliphatic rings. The Morgan fingerprint density at radius 3 is 2.79 bits per heavy atom. The Labute approximate surface area is 118 Å². The molecule has 2 nitrogen and oxygen atoms in total. The zero-order valence-electron chi connectivity index (χ0n) is 12.8. The standard InChI is InChI=1S/C17H28N2/c1-5-13(2)19(4)16-12-8-10-14-9-6-7-11-15(14)17(16)18-3/h6-7,9,11,13,16-18H,5,8,10,12H2,1-4H3. The highest BCUT2D eigenvalue weighted by Crippen LogP contribution is 2.32. The topological polar surface area (TPSA) is 15.3 Å². The molecule has 0 fully saturated rings. The van der Waals surface area contributed by atoms with Gasteiger partial charge in [0.1, 0.15) is 0 Å². The van der Waals surface area contributed by atoms with Crippen molar-refractivity contribution in [3.8, 4) is 0 Å². The minimum atomic E-state index is 0.456. The van der Waals surface area contributed by atoms with Gasteiger partial charge in [-0.25, -0.2) is 0 Å². The van der Waals surface area contributed by atoms with Crippen molar-refractivity contribution in [2.45, 2.75) is 57.7 Å². The number of hydrogen-bond acceptors (Lipinski definition) is 2. The lowest BCUT2D eigenvalue weighted by Gasteiger charge is -2.37. The van der Waals surface area contributed by atoms with Crippen molar-refractivity contribution >= 4 is 0 Å². The maximum Gasteiger partial charge on any atom is 0.0478 e. The predicted molar refractivity (Wildman–Crippen MR) is 82.5 cm³/mol. The Bertz CT molecular complexity index is 402. The molecule has 0 aliphatic heterocycles. The van der Waals surface area contributed by atoms with Crippen LogP contribution >= 0.6 is 0 Å². The van der Waals surface area contributed by atoms with Crippen molar-refractivity contribution < 1.29 is 0 Å². The first-order valence-electron chi connectivity index (χ1n) is 7.66. The van der Waals surface area contributed by atoms with Crippen molar-refractivity contribution in [3.05, 3.63) is 35.4 Å². The summed E-state index contributed by atoms with van der Waals surface area (Å²) in [4.78, 5) is 2.57. The Morgan fingerprint density at radius 2 is 2.11 bits per heavy atom. The third-order valence-electron chi connectivity index (χ3n) is 4.84. The van der Waals surface area contributed by atoms with Crippen molar-refractivity contribution in [2.75, 3.05) is 14.1 Å². The number of rotatable bonds is 4. The zero-order chi connectivity index (χ0) is 13.8. The molecule has 2 heteroatoms. The third-order valence-corrected chi connectivity index (χ3v) is 4.84. The van der Waals surface area contributed by atoms with E-state index < -0.39 is 0 Å². The molecular formula is C17H28N2. The van der Waals surface area contributed by atoms with Gasteiger partial charge in [0.2, 0.25) is 0 Å². The summed E-state index contributed by atoms with van der Waals surface area (Å²) in [5, 5.41) is 3.57. The fourth-order valence-electron chi connectivity index (χ4n) is 3.34. The average molecular weight is 260 g/mol. The molecule has 0 saturated carbocycles. The summed E-state index contributed by atoms with van der Waals surface area (Å²) < 4.78 is 0. The molecule has 0 bridgehead atoms. The maximum atomic E-state index is 3.57. The largest absolute Gasteiger partial charge is 0.312 e. The second-order valence-corrected chi connectivity index (χ2v) is 5.85. The lowest BCUT2D eigenvalue weighted by molar-refractivity contribution is 0.138. The van der Waals surface area contributed by atoms with Gasteiger partial charge in [-0.05, 0) is 57.8 Å². The lowest BCUT2D eigenvalue weighted by atomic mass is 9.94. The number of fused-ring (bicyclic) bond motifs is 1. The normalized spacial score (nSPS) is 24.9. The van der Waals surface area contributed by atoms with Gasteiger partial charge in [0.15, 0.2) is 0 Å². The van der Waals surface area contributed by atoms with Crippen LogP contribution in [0.1, 0.15) is 50.3 Å². The fourth-order valence-corrected chi connectivity index (χ4v) is 3.34. The molecule has 0 saturated heterocycles. The van der Waals surface area contributed by atoms with Crippen molar-refractivity contribution in [3.63, 3.8) is 0 Å². The number of hydrogen-bond donors (Lipinski definition) is 1. The first kappa shape index (κ1) is 14.5. The first-order valence-corrected chi connectivity index (χ1v) is 7.66. The van der Waals surface area contributed by atoms with Crippen LogP contribution in [0.3, 0.4) is 0 Å². The Hall–Kier alpha value is -0.860. The van der Waals surface area contributed by atoms with Crippen LogP contribution in [0.2, 0.25) is 0 Å². The fraction of sp³-hybridized carbons (Fsp3) is 0.647. The van der Waals surface area contributed by atoms with Gasteiger partial charge in [0, 0.05) is 18.1 Å². The van der Waals surface area contributed by atoms with Crippen LogP contribution in [0.25, 0.3) is 0 Å². The number of likely N-dealkylation sites (N-methyl/N-ethyl adjacent to an activating group) is 2. The van der Waals surface area contributed by atoms with E-state index in [1.807, 2.05) is 0 Å². The van der Waals surface area contributed by atoms with Crippen LogP contribution in [0.15, 0.2) is 24.3 Å². The van der Waals surface area contributed by atoms with Crippen LogP contribution in [0.5, 0.6) is 0 Å². The van der Waals surface area contributed by atoms with Crippen LogP contribution < -0.4 is 5.32 Å². The number of benzene rings is 1. The van der Waals surface area contributed by atoms with E-state index in [1.54, 1.807) is 0 Å². The average Bonchev–Trinajstić information content (AvgIpc) is 2.64. The van der Waals surface area contributed by atoms with Gasteiger partial charge in [-0.3, -0.25) is 4.90 Å². The van der Waals surface area contributed by atoms with E-state index in [0.29, 0.717) is 18.1 Å². The van der Waals surface area contributed by atoms with Gasteiger partial charge in [-0.15, -0.1) is 0 Å². The number of nitrogens with one attached hydrogen (secondary N) is 1. The lowest BCUT2D eigenvalue weighted by Crippen LogP contribution is -2.45. The monoisotopic (exact) mass is 260 g/mol. The quantitative estimate of drug-likeness (QED) is 0.835. The smallest absolute Gasteiger partial charge is 0.0478 e. The van der Waals surface area contributed by atoms with Crippen LogP contribution in [0, 0.1) is 0 Å². The van der Waals surface area contributed by atoms with E-state index in [-0.39, 0.29) is 0 Å². The summed E-state index contributed by atoms with van der Waals surface area (Å²) in [6, 6.07) is 10.6. The second kappa shape index (κ2) is 6.53. The van der Waals surface area contributed by atoms with E-state index in [2.05, 4.69) is 62.4 Å². The molecular weight excluding hydrogens is 232 g/mol. The second-order valence-electron chi connectivity index (χ2n) is 5.85. The Kier molecular flexibility index (Phi) is 5.00. The molecule has 0 amide bonds. The van der Waals surface area contributed by atoms with E-state index >= 15 is 0 Å². The zero-order valence-corrected chi connectivity index (χ0v) is 12.8. The molecule has 0 spiro atoms. The van der Waals surface area contributed by atoms with Crippen molar-refractivity contribution in [2.24, 2.45) is 0 Å². The van der Waals surface area contributed by atoms with Crippen LogP contribution in [0.4, 0.5) is 0 Å². The predicted octanol–water partition coefficient (Wildman–Crippen LogP) is 3.38. The molecule has 3 unspecified atom stereocenters. The first-order chi connectivity index (χ1) is 9.19. The molecule has 1 aromatic rings. The van der Waals surface area contributed by atoms with Gasteiger partial charge >= 0.3 is 0 Å². The highest BCUT2D eigenvalue weighted by Gasteiger charge is 2.30. The van der Waals surface area contributed by atoms with E-state index in [9.17, 15) is 0 Å². The van der Waals surface area contributed by atoms with Crippen LogP contribution in [-0.4, -0.2) is 31.1 Å².